The fraction of sp³-hybridized carbons (Fsp3) is 0.167. The van der Waals surface area contributed by atoms with Gasteiger partial charge in [-0.15, -0.1) is 0 Å². The van der Waals surface area contributed by atoms with Gasteiger partial charge in [0.25, 0.3) is 0 Å². The lowest BCUT2D eigenvalue weighted by atomic mass is 10.1. The molecule has 0 amide bonds. The normalized spacial score (nSPS) is 10.4. The van der Waals surface area contributed by atoms with Crippen LogP contribution >= 0.6 is 12.2 Å². The van der Waals surface area contributed by atoms with Gasteiger partial charge in [-0.1, -0.05) is 12.2 Å². The largest absolute Gasteiger partial charge is 0.497 e. The first-order valence-corrected chi connectivity index (χ1v) is 5.28. The van der Waals surface area contributed by atoms with Crippen LogP contribution in [-0.4, -0.2) is 17.1 Å². The van der Waals surface area contributed by atoms with Crippen molar-refractivity contribution in [3.8, 4) is 5.75 Å². The minimum atomic E-state index is 0.378. The van der Waals surface area contributed by atoms with Gasteiger partial charge in [-0.05, 0) is 31.2 Å². The summed E-state index contributed by atoms with van der Waals surface area (Å²) in [4.78, 5) is 4.80. The number of methoxy groups -OCH3 is 1. The first-order valence-electron chi connectivity index (χ1n) is 4.87. The van der Waals surface area contributed by atoms with Crippen LogP contribution in [0.25, 0.3) is 10.9 Å². The minimum absolute atomic E-state index is 0.378. The number of fused-ring (bicyclic) bond motifs is 1. The van der Waals surface area contributed by atoms with Gasteiger partial charge in [-0.3, -0.25) is 4.98 Å². The predicted molar refractivity (Wildman–Crippen MR) is 68.9 cm³/mol. The molecule has 0 aliphatic rings. The highest BCUT2D eigenvalue weighted by Gasteiger charge is 2.07. The van der Waals surface area contributed by atoms with Crippen molar-refractivity contribution >= 4 is 28.1 Å². The molecule has 0 saturated heterocycles. The van der Waals surface area contributed by atoms with Gasteiger partial charge in [0, 0.05) is 16.6 Å². The first kappa shape index (κ1) is 10.8. The molecule has 0 atom stereocenters. The van der Waals surface area contributed by atoms with Crippen molar-refractivity contribution in [1.29, 1.82) is 0 Å². The summed E-state index contributed by atoms with van der Waals surface area (Å²) in [6.45, 7) is 1.92. The van der Waals surface area contributed by atoms with Gasteiger partial charge < -0.3 is 10.5 Å². The number of hydrogen-bond donors (Lipinski definition) is 1. The second-order valence-corrected chi connectivity index (χ2v) is 4.00. The summed E-state index contributed by atoms with van der Waals surface area (Å²) in [6.07, 6.45) is 0. The molecule has 0 unspecified atom stereocenters. The van der Waals surface area contributed by atoms with Gasteiger partial charge in [-0.2, -0.15) is 0 Å². The maximum Gasteiger partial charge on any atom is 0.119 e. The Morgan fingerprint density at radius 3 is 2.75 bits per heavy atom. The van der Waals surface area contributed by atoms with Crippen LogP contribution in [-0.2, 0) is 0 Å². The highest BCUT2D eigenvalue weighted by molar-refractivity contribution is 7.80. The summed E-state index contributed by atoms with van der Waals surface area (Å²) in [7, 11) is 1.63. The molecular weight excluding hydrogens is 220 g/mol. The molecule has 2 rings (SSSR count). The van der Waals surface area contributed by atoms with Crippen molar-refractivity contribution in [1.82, 2.24) is 4.98 Å². The topological polar surface area (TPSA) is 48.1 Å². The highest BCUT2D eigenvalue weighted by atomic mass is 32.1. The van der Waals surface area contributed by atoms with Crippen molar-refractivity contribution in [2.45, 2.75) is 6.92 Å². The summed E-state index contributed by atoms with van der Waals surface area (Å²) in [5.41, 5.74) is 8.33. The van der Waals surface area contributed by atoms with Crippen molar-refractivity contribution in [3.05, 3.63) is 35.5 Å². The average molecular weight is 232 g/mol. The Balaban J connectivity index is 2.80. The number of pyridine rings is 1. The number of aryl methyl sites for hydroxylation is 1. The molecule has 1 aromatic carbocycles. The van der Waals surface area contributed by atoms with Crippen LogP contribution in [0.3, 0.4) is 0 Å². The standard InChI is InChI=1S/C12H12N2OS/c1-7-5-10(12(13)16)9-6-8(15-2)3-4-11(9)14-7/h3-6H,1-2H3,(H2,13,16). The fourth-order valence-electron chi connectivity index (χ4n) is 1.67. The Morgan fingerprint density at radius 1 is 1.38 bits per heavy atom. The Hall–Kier alpha value is -1.68. The van der Waals surface area contributed by atoms with E-state index in [0.717, 1.165) is 27.9 Å². The van der Waals surface area contributed by atoms with Gasteiger partial charge >= 0.3 is 0 Å². The number of nitrogens with two attached hydrogens (primary N) is 1. The number of aromatic nitrogens is 1. The van der Waals surface area contributed by atoms with E-state index < -0.39 is 0 Å². The quantitative estimate of drug-likeness (QED) is 0.806. The summed E-state index contributed by atoms with van der Waals surface area (Å²) in [5, 5.41) is 0.928. The molecule has 0 aliphatic heterocycles. The second kappa shape index (κ2) is 4.06. The Kier molecular flexibility index (Phi) is 2.75. The van der Waals surface area contributed by atoms with E-state index in [1.165, 1.54) is 0 Å². The number of ether oxygens (including phenoxy) is 1. The van der Waals surface area contributed by atoms with Crippen LogP contribution in [0.1, 0.15) is 11.3 Å². The van der Waals surface area contributed by atoms with Gasteiger partial charge in [0.2, 0.25) is 0 Å². The Morgan fingerprint density at radius 2 is 2.12 bits per heavy atom. The van der Waals surface area contributed by atoms with Gasteiger partial charge in [0.15, 0.2) is 0 Å². The smallest absolute Gasteiger partial charge is 0.119 e. The van der Waals surface area contributed by atoms with Crippen LogP contribution < -0.4 is 10.5 Å². The van der Waals surface area contributed by atoms with Gasteiger partial charge in [-0.25, -0.2) is 0 Å². The van der Waals surface area contributed by atoms with E-state index in [-0.39, 0.29) is 0 Å². The average Bonchev–Trinajstić information content (AvgIpc) is 2.27. The number of benzene rings is 1. The van der Waals surface area contributed by atoms with Crippen LogP contribution in [0.5, 0.6) is 5.75 Å². The first-order chi connectivity index (χ1) is 7.61. The fourth-order valence-corrected chi connectivity index (χ4v) is 1.84. The molecule has 0 fully saturated rings. The third-order valence-electron chi connectivity index (χ3n) is 2.41. The van der Waals surface area contributed by atoms with E-state index in [4.69, 9.17) is 22.7 Å². The van der Waals surface area contributed by atoms with Gasteiger partial charge in [0.05, 0.1) is 12.6 Å². The molecule has 2 aromatic rings. The zero-order valence-corrected chi connectivity index (χ0v) is 9.97. The Bertz CT molecular complexity index is 566. The van der Waals surface area contributed by atoms with Crippen molar-refractivity contribution in [3.63, 3.8) is 0 Å². The SMILES string of the molecule is COc1ccc2nc(C)cc(C(N)=S)c2c1. The zero-order chi connectivity index (χ0) is 11.7. The van der Waals surface area contributed by atoms with Crippen LogP contribution in [0.4, 0.5) is 0 Å². The molecule has 4 heteroatoms. The van der Waals surface area contributed by atoms with E-state index in [0.29, 0.717) is 4.99 Å². The van der Waals surface area contributed by atoms with Crippen molar-refractivity contribution < 1.29 is 4.74 Å². The van der Waals surface area contributed by atoms with E-state index in [9.17, 15) is 0 Å². The lowest BCUT2D eigenvalue weighted by Crippen LogP contribution is -2.10. The molecule has 0 spiro atoms. The molecule has 1 aromatic heterocycles. The molecule has 1 heterocycles. The summed E-state index contributed by atoms with van der Waals surface area (Å²) in [5.74, 6) is 0.774. The third kappa shape index (κ3) is 1.84. The molecule has 82 valence electrons. The van der Waals surface area contributed by atoms with Crippen LogP contribution in [0.15, 0.2) is 24.3 Å². The molecule has 0 aliphatic carbocycles. The van der Waals surface area contributed by atoms with E-state index >= 15 is 0 Å². The monoisotopic (exact) mass is 232 g/mol. The maximum absolute atomic E-state index is 5.70. The number of nitrogens with zero attached hydrogens (tertiary/aromatic N) is 1. The van der Waals surface area contributed by atoms with E-state index in [1.54, 1.807) is 7.11 Å². The number of rotatable bonds is 2. The van der Waals surface area contributed by atoms with Crippen LogP contribution in [0, 0.1) is 6.92 Å². The third-order valence-corrected chi connectivity index (χ3v) is 2.63. The molecule has 16 heavy (non-hydrogen) atoms. The molecule has 3 nitrogen and oxygen atoms in total. The second-order valence-electron chi connectivity index (χ2n) is 3.56. The lowest BCUT2D eigenvalue weighted by molar-refractivity contribution is 0.415. The molecule has 0 saturated carbocycles. The highest BCUT2D eigenvalue weighted by Crippen LogP contribution is 2.23. The molecular formula is C12H12N2OS. The summed E-state index contributed by atoms with van der Waals surface area (Å²) < 4.78 is 5.18. The number of thiocarbonyl (C=S) groups is 1. The predicted octanol–water partition coefficient (Wildman–Crippen LogP) is 2.19. The van der Waals surface area contributed by atoms with E-state index in [1.807, 2.05) is 31.2 Å². The van der Waals surface area contributed by atoms with Crippen molar-refractivity contribution in [2.75, 3.05) is 7.11 Å². The minimum Gasteiger partial charge on any atom is -0.497 e. The molecule has 0 radical (unpaired) electrons. The Labute approximate surface area is 99.2 Å². The number of hydrogen-bond acceptors (Lipinski definition) is 3. The zero-order valence-electron chi connectivity index (χ0n) is 9.15. The summed E-state index contributed by atoms with van der Waals surface area (Å²) in [6, 6.07) is 7.57. The molecule has 2 N–H and O–H groups in total. The van der Waals surface area contributed by atoms with Crippen LogP contribution in [0.2, 0.25) is 0 Å². The van der Waals surface area contributed by atoms with Gasteiger partial charge in [0.1, 0.15) is 10.7 Å². The maximum atomic E-state index is 5.70. The molecule has 0 bridgehead atoms. The van der Waals surface area contributed by atoms with Crippen molar-refractivity contribution in [2.24, 2.45) is 5.73 Å². The lowest BCUT2D eigenvalue weighted by Gasteiger charge is -2.08. The summed E-state index contributed by atoms with van der Waals surface area (Å²) >= 11 is 5.04. The van der Waals surface area contributed by atoms with E-state index in [2.05, 4.69) is 4.98 Å².